The molecule has 1 aromatic heterocycles. The maximum Gasteiger partial charge on any atom is 0.265 e. The highest BCUT2D eigenvalue weighted by atomic mass is 32.2. The minimum atomic E-state index is -3.97. The predicted molar refractivity (Wildman–Crippen MR) is 87.2 cm³/mol. The fraction of sp³-hybridized carbons (Fsp3) is 0.375. The summed E-state index contributed by atoms with van der Waals surface area (Å²) in [4.78, 5) is 12.6. The molecule has 0 fully saturated rings. The fourth-order valence-electron chi connectivity index (χ4n) is 3.33. The van der Waals surface area contributed by atoms with Crippen molar-refractivity contribution in [1.82, 2.24) is 10.6 Å². The Labute approximate surface area is 140 Å². The van der Waals surface area contributed by atoms with Gasteiger partial charge in [-0.15, -0.1) is 0 Å². The zero-order valence-electron chi connectivity index (χ0n) is 13.7. The van der Waals surface area contributed by atoms with E-state index >= 15 is 0 Å². The van der Waals surface area contributed by atoms with Crippen LogP contribution in [0.1, 0.15) is 31.5 Å². The van der Waals surface area contributed by atoms with Crippen molar-refractivity contribution in [2.45, 2.75) is 30.4 Å². The average Bonchev–Trinajstić information content (AvgIpc) is 3.09. The Kier molecular flexibility index (Phi) is 4.82. The molecule has 0 radical (unpaired) electrons. The van der Waals surface area contributed by atoms with E-state index in [4.69, 9.17) is 4.52 Å². The third kappa shape index (κ3) is 2.42. The Bertz CT molecular complexity index is 804. The monoisotopic (exact) mass is 352 g/mol. The Morgan fingerprint density at radius 3 is 2.33 bits per heavy atom. The molecule has 0 aliphatic carbocycles. The van der Waals surface area contributed by atoms with Crippen LogP contribution in [0.4, 0.5) is 0 Å². The van der Waals surface area contributed by atoms with Crippen molar-refractivity contribution in [2.24, 2.45) is 0 Å². The van der Waals surface area contributed by atoms with Gasteiger partial charge in [0.15, 0.2) is 14.6 Å². The minimum absolute atomic E-state index is 0.237. The van der Waals surface area contributed by atoms with Crippen LogP contribution in [0.15, 0.2) is 47.2 Å². The normalized spacial score (nSPS) is 16.8. The molecule has 0 saturated heterocycles. The summed E-state index contributed by atoms with van der Waals surface area (Å²) < 4.78 is 28.3. The van der Waals surface area contributed by atoms with Gasteiger partial charge in [-0.05, 0) is 18.9 Å². The molecule has 1 heterocycles. The Morgan fingerprint density at radius 2 is 1.92 bits per heavy atom. The molecule has 2 aromatic rings. The summed E-state index contributed by atoms with van der Waals surface area (Å²) in [6, 6.07) is 10.3. The molecule has 8 heteroatoms. The molecule has 0 aliphatic rings. The van der Waals surface area contributed by atoms with Crippen molar-refractivity contribution < 1.29 is 22.9 Å². The summed E-state index contributed by atoms with van der Waals surface area (Å²) in [6.45, 7) is 3.05. The van der Waals surface area contributed by atoms with Gasteiger partial charge in [0.05, 0.1) is 11.1 Å². The van der Waals surface area contributed by atoms with Gasteiger partial charge in [-0.3, -0.25) is 10.0 Å². The zero-order valence-corrected chi connectivity index (χ0v) is 14.5. The van der Waals surface area contributed by atoms with E-state index in [1.54, 1.807) is 37.3 Å². The van der Waals surface area contributed by atoms with E-state index in [1.165, 1.54) is 24.7 Å². The van der Waals surface area contributed by atoms with Crippen molar-refractivity contribution in [3.63, 3.8) is 0 Å². The summed E-state index contributed by atoms with van der Waals surface area (Å²) in [7, 11) is -3.97. The molecule has 2 rings (SSSR count). The second kappa shape index (κ2) is 6.37. The number of hydrogen-bond donors (Lipinski definition) is 2. The fourth-order valence-corrected chi connectivity index (χ4v) is 4.71. The first-order valence-electron chi connectivity index (χ1n) is 7.36. The molecular weight excluding hydrogens is 332 g/mol. The van der Waals surface area contributed by atoms with Crippen LogP contribution >= 0.6 is 0 Å². The standard InChI is InChI=1S/C16H20N2O5S/c1-4-16(13-10-11-23-18-13,12-8-6-5-7-9-12)15(2,14(19)17-20)24(3,21)22/h5-11,20H,4H2,1-3H3,(H,17,19). The number of amides is 1. The topological polar surface area (TPSA) is 110 Å². The van der Waals surface area contributed by atoms with Crippen LogP contribution < -0.4 is 5.48 Å². The summed E-state index contributed by atoms with van der Waals surface area (Å²) in [5, 5.41) is 13.2. The van der Waals surface area contributed by atoms with Crippen molar-refractivity contribution in [1.29, 1.82) is 0 Å². The van der Waals surface area contributed by atoms with Gasteiger partial charge in [-0.1, -0.05) is 42.4 Å². The smallest absolute Gasteiger partial charge is 0.265 e. The number of hydroxylamine groups is 1. The van der Waals surface area contributed by atoms with Crippen LogP contribution in [0.3, 0.4) is 0 Å². The lowest BCUT2D eigenvalue weighted by Crippen LogP contribution is -2.63. The number of nitrogens with zero attached hydrogens (tertiary/aromatic N) is 1. The quantitative estimate of drug-likeness (QED) is 0.605. The molecule has 0 spiro atoms. The molecule has 2 atom stereocenters. The van der Waals surface area contributed by atoms with Gasteiger partial charge in [-0.25, -0.2) is 13.9 Å². The average molecular weight is 352 g/mol. The minimum Gasteiger partial charge on any atom is -0.364 e. The predicted octanol–water partition coefficient (Wildman–Crippen LogP) is 1.68. The molecule has 0 bridgehead atoms. The highest BCUT2D eigenvalue weighted by molar-refractivity contribution is 7.93. The van der Waals surface area contributed by atoms with Gasteiger partial charge >= 0.3 is 0 Å². The van der Waals surface area contributed by atoms with Gasteiger partial charge in [0.2, 0.25) is 0 Å². The van der Waals surface area contributed by atoms with E-state index in [-0.39, 0.29) is 6.42 Å². The summed E-state index contributed by atoms with van der Waals surface area (Å²) in [5.74, 6) is -1.03. The van der Waals surface area contributed by atoms with Gasteiger partial charge in [-0.2, -0.15) is 0 Å². The van der Waals surface area contributed by atoms with E-state index in [9.17, 15) is 18.4 Å². The first-order valence-corrected chi connectivity index (χ1v) is 9.25. The van der Waals surface area contributed by atoms with Crippen molar-refractivity contribution in [2.75, 3.05) is 6.26 Å². The lowest BCUT2D eigenvalue weighted by molar-refractivity contribution is -0.133. The molecule has 2 unspecified atom stereocenters. The number of aromatic nitrogens is 1. The first kappa shape index (κ1) is 18.2. The van der Waals surface area contributed by atoms with Gasteiger partial charge in [0.25, 0.3) is 5.91 Å². The molecule has 1 aromatic carbocycles. The lowest BCUT2D eigenvalue weighted by Gasteiger charge is -2.44. The summed E-state index contributed by atoms with van der Waals surface area (Å²) >= 11 is 0. The van der Waals surface area contributed by atoms with E-state index in [0.29, 0.717) is 11.3 Å². The molecule has 1 amide bonds. The van der Waals surface area contributed by atoms with Crippen LogP contribution in [0.5, 0.6) is 0 Å². The second-order valence-electron chi connectivity index (χ2n) is 5.76. The van der Waals surface area contributed by atoms with Crippen LogP contribution in [0, 0.1) is 0 Å². The number of benzene rings is 1. The highest BCUT2D eigenvalue weighted by Crippen LogP contribution is 2.48. The number of carbonyl (C=O) groups excluding carboxylic acids is 1. The van der Waals surface area contributed by atoms with E-state index in [0.717, 1.165) is 6.26 Å². The number of carbonyl (C=O) groups is 1. The van der Waals surface area contributed by atoms with E-state index in [2.05, 4.69) is 5.16 Å². The molecule has 130 valence electrons. The van der Waals surface area contributed by atoms with Crippen molar-refractivity contribution >= 4 is 15.7 Å². The van der Waals surface area contributed by atoms with Gasteiger partial charge < -0.3 is 4.52 Å². The van der Waals surface area contributed by atoms with Gasteiger partial charge in [0, 0.05) is 12.3 Å². The molecule has 0 aliphatic heterocycles. The summed E-state index contributed by atoms with van der Waals surface area (Å²) in [6.07, 6.45) is 2.53. The molecule has 24 heavy (non-hydrogen) atoms. The third-order valence-corrected chi connectivity index (χ3v) is 6.78. The molecule has 2 N–H and O–H groups in total. The largest absolute Gasteiger partial charge is 0.364 e. The second-order valence-corrected chi connectivity index (χ2v) is 8.12. The number of rotatable bonds is 6. The highest BCUT2D eigenvalue weighted by Gasteiger charge is 2.62. The van der Waals surface area contributed by atoms with Crippen molar-refractivity contribution in [3.8, 4) is 0 Å². The van der Waals surface area contributed by atoms with Crippen LogP contribution in [0.25, 0.3) is 0 Å². The Hall–Kier alpha value is -2.19. The number of nitrogens with one attached hydrogen (secondary N) is 1. The molecule has 0 saturated carbocycles. The molecular formula is C16H20N2O5S. The van der Waals surface area contributed by atoms with E-state index in [1.807, 2.05) is 0 Å². The number of hydrogen-bond acceptors (Lipinski definition) is 6. The van der Waals surface area contributed by atoms with Crippen LogP contribution in [-0.2, 0) is 20.0 Å². The van der Waals surface area contributed by atoms with Crippen LogP contribution in [-0.4, -0.2) is 35.7 Å². The van der Waals surface area contributed by atoms with E-state index < -0.39 is 25.9 Å². The summed E-state index contributed by atoms with van der Waals surface area (Å²) in [5.41, 5.74) is 1.04. The number of sulfone groups is 1. The zero-order chi connectivity index (χ0) is 18.0. The Morgan fingerprint density at radius 1 is 1.29 bits per heavy atom. The van der Waals surface area contributed by atoms with Crippen molar-refractivity contribution in [3.05, 3.63) is 53.9 Å². The molecule has 7 nitrogen and oxygen atoms in total. The lowest BCUT2D eigenvalue weighted by atomic mass is 9.66. The maximum atomic E-state index is 12.7. The third-order valence-electron chi connectivity index (χ3n) is 4.76. The first-order chi connectivity index (χ1) is 11.3. The Balaban J connectivity index is 2.96. The van der Waals surface area contributed by atoms with Crippen LogP contribution in [0.2, 0.25) is 0 Å². The SMILES string of the molecule is CCC(c1ccccc1)(c1ccon1)C(C)(C(=O)NO)S(C)(=O)=O. The van der Waals surface area contributed by atoms with Gasteiger partial charge in [0.1, 0.15) is 6.26 Å². The maximum absolute atomic E-state index is 12.7.